The Bertz CT molecular complexity index is 392. The Morgan fingerprint density at radius 2 is 2.22 bits per heavy atom. The van der Waals surface area contributed by atoms with Crippen molar-refractivity contribution < 1.29 is 0 Å². The first-order chi connectivity index (χ1) is 8.79. The van der Waals surface area contributed by atoms with Crippen molar-refractivity contribution in [1.29, 1.82) is 0 Å². The maximum Gasteiger partial charge on any atom is 0.293 e. The summed E-state index contributed by atoms with van der Waals surface area (Å²) >= 11 is 1.88. The molecule has 1 aromatic heterocycles. The molecule has 0 amide bonds. The summed E-state index contributed by atoms with van der Waals surface area (Å²) in [7, 11) is 0. The molecule has 1 N–H and O–H groups in total. The minimum atomic E-state index is -0.0107. The molecule has 0 radical (unpaired) electrons. The van der Waals surface area contributed by atoms with Gasteiger partial charge in [0.05, 0.1) is 0 Å². The molecule has 1 heterocycles. The Morgan fingerprint density at radius 1 is 1.39 bits per heavy atom. The number of thioether (sulfide) groups is 1. The fourth-order valence-electron chi connectivity index (χ4n) is 1.74. The fraction of sp³-hybridized carbons (Fsp3) is 0.692. The van der Waals surface area contributed by atoms with Crippen LogP contribution in [0.1, 0.15) is 32.6 Å². The van der Waals surface area contributed by atoms with E-state index in [4.69, 9.17) is 0 Å². The molecule has 0 aliphatic rings. The van der Waals surface area contributed by atoms with Gasteiger partial charge >= 0.3 is 0 Å². The molecule has 102 valence electrons. The normalized spacial score (nSPS) is 10.6. The lowest BCUT2D eigenvalue weighted by atomic mass is 10.2. The van der Waals surface area contributed by atoms with Crippen molar-refractivity contribution in [3.63, 3.8) is 0 Å². The van der Waals surface area contributed by atoms with Gasteiger partial charge in [0.15, 0.2) is 5.82 Å². The number of rotatable bonds is 9. The highest BCUT2D eigenvalue weighted by atomic mass is 32.2. The van der Waals surface area contributed by atoms with Crippen LogP contribution in [0.5, 0.6) is 0 Å². The quantitative estimate of drug-likeness (QED) is 0.700. The van der Waals surface area contributed by atoms with E-state index >= 15 is 0 Å². The third kappa shape index (κ3) is 5.12. The molecule has 0 spiro atoms. The molecule has 0 fully saturated rings. The Hall–Kier alpha value is -0.970. The van der Waals surface area contributed by atoms with Crippen molar-refractivity contribution in [3.05, 3.63) is 22.7 Å². The molecule has 18 heavy (non-hydrogen) atoms. The van der Waals surface area contributed by atoms with E-state index < -0.39 is 0 Å². The minimum Gasteiger partial charge on any atom is -0.365 e. The maximum atomic E-state index is 12.0. The van der Waals surface area contributed by atoms with Crippen molar-refractivity contribution in [2.24, 2.45) is 0 Å². The third-order valence-corrected chi connectivity index (χ3v) is 3.39. The van der Waals surface area contributed by atoms with Gasteiger partial charge in [-0.3, -0.25) is 4.79 Å². The smallest absolute Gasteiger partial charge is 0.293 e. The van der Waals surface area contributed by atoms with Gasteiger partial charge in [-0.05, 0) is 31.3 Å². The van der Waals surface area contributed by atoms with Crippen LogP contribution in [0.25, 0.3) is 0 Å². The highest BCUT2D eigenvalue weighted by Gasteiger charge is 2.02. The molecule has 0 atom stereocenters. The second-order valence-corrected chi connectivity index (χ2v) is 5.24. The van der Waals surface area contributed by atoms with Gasteiger partial charge in [0.2, 0.25) is 0 Å². The molecular formula is C13H23N3OS. The number of unbranched alkanes of at least 4 members (excludes halogenated alkanes) is 2. The van der Waals surface area contributed by atoms with E-state index in [1.807, 2.05) is 11.8 Å². The number of nitrogens with one attached hydrogen (secondary N) is 1. The van der Waals surface area contributed by atoms with Crippen LogP contribution in [0.3, 0.4) is 0 Å². The topological polar surface area (TPSA) is 46.9 Å². The maximum absolute atomic E-state index is 12.0. The molecule has 0 aliphatic heterocycles. The number of anilines is 1. The van der Waals surface area contributed by atoms with Crippen LogP contribution in [0, 0.1) is 0 Å². The second-order valence-electron chi connectivity index (χ2n) is 4.25. The van der Waals surface area contributed by atoms with Gasteiger partial charge in [-0.25, -0.2) is 4.98 Å². The van der Waals surface area contributed by atoms with Gasteiger partial charge in [-0.15, -0.1) is 0 Å². The number of hydrogen-bond donors (Lipinski definition) is 1. The fourth-order valence-corrected chi connectivity index (χ4v) is 2.23. The monoisotopic (exact) mass is 269 g/mol. The molecule has 0 bridgehead atoms. The highest BCUT2D eigenvalue weighted by Crippen LogP contribution is 2.02. The van der Waals surface area contributed by atoms with Crippen molar-refractivity contribution in [2.45, 2.75) is 39.2 Å². The van der Waals surface area contributed by atoms with Crippen molar-refractivity contribution >= 4 is 17.6 Å². The van der Waals surface area contributed by atoms with Crippen molar-refractivity contribution in [3.8, 4) is 0 Å². The number of aromatic nitrogens is 2. The van der Waals surface area contributed by atoms with E-state index in [2.05, 4.69) is 23.5 Å². The number of hydrogen-bond acceptors (Lipinski definition) is 4. The standard InChI is InChI=1S/C13H23N3OS/c1-3-9-16-10-8-15-12(13(16)17)14-7-5-4-6-11-18-2/h8,10H,3-7,9,11H2,1-2H3,(H,14,15). The lowest BCUT2D eigenvalue weighted by Gasteiger charge is -2.07. The predicted octanol–water partition coefficient (Wildman–Crippen LogP) is 2.60. The van der Waals surface area contributed by atoms with Crippen LogP contribution >= 0.6 is 11.8 Å². The Morgan fingerprint density at radius 3 is 2.94 bits per heavy atom. The molecule has 1 aromatic rings. The first-order valence-electron chi connectivity index (χ1n) is 6.57. The minimum absolute atomic E-state index is 0.0107. The van der Waals surface area contributed by atoms with Gasteiger partial charge < -0.3 is 9.88 Å². The summed E-state index contributed by atoms with van der Waals surface area (Å²) in [5, 5.41) is 3.14. The van der Waals surface area contributed by atoms with E-state index in [-0.39, 0.29) is 5.56 Å². The number of nitrogens with zero attached hydrogens (tertiary/aromatic N) is 2. The van der Waals surface area contributed by atoms with Gasteiger partial charge in [0.25, 0.3) is 5.56 Å². The Kier molecular flexibility index (Phi) is 7.57. The van der Waals surface area contributed by atoms with Crippen molar-refractivity contribution in [2.75, 3.05) is 23.9 Å². The summed E-state index contributed by atoms with van der Waals surface area (Å²) in [6.45, 7) is 3.64. The zero-order chi connectivity index (χ0) is 13.2. The summed E-state index contributed by atoms with van der Waals surface area (Å²) in [5.41, 5.74) is -0.0107. The highest BCUT2D eigenvalue weighted by molar-refractivity contribution is 7.98. The molecule has 5 heteroatoms. The SMILES string of the molecule is CCCn1ccnc(NCCCCCSC)c1=O. The molecule has 0 aromatic carbocycles. The molecule has 1 rings (SSSR count). The molecule has 0 unspecified atom stereocenters. The first-order valence-corrected chi connectivity index (χ1v) is 7.97. The molecule has 4 nitrogen and oxygen atoms in total. The number of aryl methyl sites for hydroxylation is 1. The van der Waals surface area contributed by atoms with Gasteiger partial charge in [0, 0.05) is 25.5 Å². The van der Waals surface area contributed by atoms with Crippen LogP contribution in [0.4, 0.5) is 5.82 Å². The molecular weight excluding hydrogens is 246 g/mol. The zero-order valence-electron chi connectivity index (χ0n) is 11.3. The summed E-state index contributed by atoms with van der Waals surface area (Å²) in [4.78, 5) is 16.1. The summed E-state index contributed by atoms with van der Waals surface area (Å²) < 4.78 is 1.71. The molecule has 0 aliphatic carbocycles. The zero-order valence-corrected chi connectivity index (χ0v) is 12.1. The summed E-state index contributed by atoms with van der Waals surface area (Å²) in [6.07, 6.45) is 10.0. The van der Waals surface area contributed by atoms with Gasteiger partial charge in [-0.1, -0.05) is 13.3 Å². The Labute approximate surface area is 113 Å². The summed E-state index contributed by atoms with van der Waals surface area (Å²) in [5.74, 6) is 1.70. The third-order valence-electron chi connectivity index (χ3n) is 2.70. The molecule has 0 saturated heterocycles. The average Bonchev–Trinajstić information content (AvgIpc) is 2.38. The van der Waals surface area contributed by atoms with Gasteiger partial charge in [-0.2, -0.15) is 11.8 Å². The predicted molar refractivity (Wildman–Crippen MR) is 79.5 cm³/mol. The van der Waals surface area contributed by atoms with Crippen LogP contribution in [0.15, 0.2) is 17.2 Å². The van der Waals surface area contributed by atoms with E-state index in [0.29, 0.717) is 5.82 Å². The first kappa shape index (κ1) is 15.1. The van der Waals surface area contributed by atoms with Crippen molar-refractivity contribution in [1.82, 2.24) is 9.55 Å². The van der Waals surface area contributed by atoms with Gasteiger partial charge in [0.1, 0.15) is 0 Å². The van der Waals surface area contributed by atoms with E-state index in [0.717, 1.165) is 25.9 Å². The lowest BCUT2D eigenvalue weighted by molar-refractivity contribution is 0.648. The van der Waals surface area contributed by atoms with Crippen LogP contribution < -0.4 is 10.9 Å². The molecule has 0 saturated carbocycles. The summed E-state index contributed by atoms with van der Waals surface area (Å²) in [6, 6.07) is 0. The van der Waals surface area contributed by atoms with E-state index in [1.54, 1.807) is 17.0 Å². The van der Waals surface area contributed by atoms with Crippen LogP contribution in [0.2, 0.25) is 0 Å². The van der Waals surface area contributed by atoms with E-state index in [9.17, 15) is 4.79 Å². The largest absolute Gasteiger partial charge is 0.365 e. The van der Waals surface area contributed by atoms with Crippen LogP contribution in [-0.2, 0) is 6.54 Å². The lowest BCUT2D eigenvalue weighted by Crippen LogP contribution is -2.24. The van der Waals surface area contributed by atoms with E-state index in [1.165, 1.54) is 18.6 Å². The average molecular weight is 269 g/mol. The van der Waals surface area contributed by atoms with Crippen LogP contribution in [-0.4, -0.2) is 28.1 Å². The second kappa shape index (κ2) is 9.03. The Balaban J connectivity index is 2.38.